The summed E-state index contributed by atoms with van der Waals surface area (Å²) in [4.78, 5) is 0. The Bertz CT molecular complexity index is 541. The van der Waals surface area contributed by atoms with Gasteiger partial charge < -0.3 is 5.11 Å². The van der Waals surface area contributed by atoms with Crippen molar-refractivity contribution in [2.45, 2.75) is 45.8 Å². The fourth-order valence-electron chi connectivity index (χ4n) is 2.06. The van der Waals surface area contributed by atoms with Gasteiger partial charge in [0, 0.05) is 37.0 Å². The van der Waals surface area contributed by atoms with Gasteiger partial charge >= 0.3 is 0 Å². The van der Waals surface area contributed by atoms with E-state index >= 15 is 0 Å². The Morgan fingerprint density at radius 2 is 2.11 bits per heavy atom. The average Bonchev–Trinajstić information content (AvgIpc) is 2.97. The van der Waals surface area contributed by atoms with Gasteiger partial charge in [0.2, 0.25) is 0 Å². The van der Waals surface area contributed by atoms with Crippen LogP contribution in [0.2, 0.25) is 0 Å². The Kier molecular flexibility index (Phi) is 4.04. The number of nitrogens with zero attached hydrogens (tertiary/aromatic N) is 4. The number of rotatable bonds is 5. The second kappa shape index (κ2) is 5.57. The third-order valence-electron chi connectivity index (χ3n) is 3.33. The van der Waals surface area contributed by atoms with Crippen LogP contribution >= 0.6 is 0 Å². The quantitative estimate of drug-likeness (QED) is 0.897. The number of hydrogen-bond donors (Lipinski definition) is 1. The van der Waals surface area contributed by atoms with Crippen LogP contribution in [0.1, 0.15) is 49.9 Å². The standard InChI is InChI=1S/C14H22N4O/c1-5-12-6-13(17(4)16-12)7-14(19)11-8-15-18(9-11)10(2)3/h6,8-10,14,19H,5,7H2,1-4H3. The van der Waals surface area contributed by atoms with Gasteiger partial charge in [-0.05, 0) is 26.3 Å². The molecule has 104 valence electrons. The average molecular weight is 262 g/mol. The zero-order valence-corrected chi connectivity index (χ0v) is 12.0. The summed E-state index contributed by atoms with van der Waals surface area (Å²) < 4.78 is 3.70. The van der Waals surface area contributed by atoms with Crippen molar-refractivity contribution in [3.05, 3.63) is 35.4 Å². The largest absolute Gasteiger partial charge is 0.388 e. The topological polar surface area (TPSA) is 55.9 Å². The van der Waals surface area contributed by atoms with Crippen LogP contribution in [0.4, 0.5) is 0 Å². The summed E-state index contributed by atoms with van der Waals surface area (Å²) in [5.74, 6) is 0. The van der Waals surface area contributed by atoms with E-state index in [0.717, 1.165) is 23.4 Å². The fraction of sp³-hybridized carbons (Fsp3) is 0.571. The van der Waals surface area contributed by atoms with Crippen LogP contribution in [0.25, 0.3) is 0 Å². The van der Waals surface area contributed by atoms with Crippen LogP contribution in [0, 0.1) is 0 Å². The molecule has 5 nitrogen and oxygen atoms in total. The molecule has 0 saturated carbocycles. The minimum absolute atomic E-state index is 0.310. The highest BCUT2D eigenvalue weighted by atomic mass is 16.3. The lowest BCUT2D eigenvalue weighted by molar-refractivity contribution is 0.175. The molecule has 2 heterocycles. The molecular weight excluding hydrogens is 240 g/mol. The van der Waals surface area contributed by atoms with Crippen molar-refractivity contribution in [2.24, 2.45) is 7.05 Å². The van der Waals surface area contributed by atoms with Crippen molar-refractivity contribution in [3.63, 3.8) is 0 Å². The Balaban J connectivity index is 2.10. The smallest absolute Gasteiger partial charge is 0.0875 e. The van der Waals surface area contributed by atoms with Crippen molar-refractivity contribution >= 4 is 0 Å². The molecule has 5 heteroatoms. The number of aryl methyl sites for hydroxylation is 2. The molecule has 1 unspecified atom stereocenters. The van der Waals surface area contributed by atoms with E-state index in [0.29, 0.717) is 12.5 Å². The molecule has 2 rings (SSSR count). The van der Waals surface area contributed by atoms with Crippen molar-refractivity contribution in [2.75, 3.05) is 0 Å². The lowest BCUT2D eigenvalue weighted by Crippen LogP contribution is -2.06. The van der Waals surface area contributed by atoms with E-state index in [1.165, 1.54) is 0 Å². The van der Waals surface area contributed by atoms with Gasteiger partial charge in [-0.2, -0.15) is 10.2 Å². The van der Waals surface area contributed by atoms with E-state index in [1.807, 2.05) is 22.6 Å². The van der Waals surface area contributed by atoms with Crippen molar-refractivity contribution in [3.8, 4) is 0 Å². The summed E-state index contributed by atoms with van der Waals surface area (Å²) in [6, 6.07) is 2.36. The normalized spacial score (nSPS) is 13.2. The molecule has 1 atom stereocenters. The SMILES string of the molecule is CCc1cc(CC(O)c2cnn(C(C)C)c2)n(C)n1. The van der Waals surface area contributed by atoms with Crippen LogP contribution in [0.15, 0.2) is 18.5 Å². The van der Waals surface area contributed by atoms with Crippen LogP contribution < -0.4 is 0 Å². The summed E-state index contributed by atoms with van der Waals surface area (Å²) >= 11 is 0. The zero-order chi connectivity index (χ0) is 14.0. The summed E-state index contributed by atoms with van der Waals surface area (Å²) in [6.07, 6.45) is 4.59. The Morgan fingerprint density at radius 3 is 2.63 bits per heavy atom. The second-order valence-electron chi connectivity index (χ2n) is 5.17. The van der Waals surface area contributed by atoms with Crippen LogP contribution in [0.5, 0.6) is 0 Å². The molecule has 2 aromatic rings. The third-order valence-corrected chi connectivity index (χ3v) is 3.33. The Labute approximate surface area is 113 Å². The van der Waals surface area contributed by atoms with Crippen LogP contribution in [0.3, 0.4) is 0 Å². The van der Waals surface area contributed by atoms with E-state index in [2.05, 4.69) is 37.0 Å². The van der Waals surface area contributed by atoms with Gasteiger partial charge in [0.1, 0.15) is 0 Å². The predicted molar refractivity (Wildman–Crippen MR) is 73.9 cm³/mol. The Hall–Kier alpha value is -1.62. The molecule has 19 heavy (non-hydrogen) atoms. The number of aliphatic hydroxyl groups is 1. The lowest BCUT2D eigenvalue weighted by atomic mass is 10.1. The molecule has 2 aromatic heterocycles. The van der Waals surface area contributed by atoms with Gasteiger partial charge in [-0.15, -0.1) is 0 Å². The summed E-state index contributed by atoms with van der Waals surface area (Å²) in [5.41, 5.74) is 2.96. The van der Waals surface area contributed by atoms with Gasteiger partial charge in [0.15, 0.2) is 0 Å². The first-order valence-corrected chi connectivity index (χ1v) is 6.75. The molecule has 0 aliphatic heterocycles. The van der Waals surface area contributed by atoms with Crippen LogP contribution in [-0.4, -0.2) is 24.7 Å². The maximum absolute atomic E-state index is 10.3. The molecule has 0 amide bonds. The lowest BCUT2D eigenvalue weighted by Gasteiger charge is -2.08. The molecule has 0 aromatic carbocycles. The molecule has 0 spiro atoms. The van der Waals surface area contributed by atoms with Crippen molar-refractivity contribution in [1.82, 2.24) is 19.6 Å². The number of hydrogen-bond acceptors (Lipinski definition) is 3. The van der Waals surface area contributed by atoms with E-state index in [4.69, 9.17) is 0 Å². The second-order valence-corrected chi connectivity index (χ2v) is 5.17. The van der Waals surface area contributed by atoms with Crippen molar-refractivity contribution < 1.29 is 5.11 Å². The molecule has 1 N–H and O–H groups in total. The van der Waals surface area contributed by atoms with Gasteiger partial charge in [-0.25, -0.2) is 0 Å². The first kappa shape index (κ1) is 13.8. The molecule has 0 saturated heterocycles. The Morgan fingerprint density at radius 1 is 1.37 bits per heavy atom. The van der Waals surface area contributed by atoms with Crippen molar-refractivity contribution in [1.29, 1.82) is 0 Å². The molecule has 0 aliphatic rings. The highest BCUT2D eigenvalue weighted by Crippen LogP contribution is 2.19. The molecule has 0 radical (unpaired) electrons. The first-order chi connectivity index (χ1) is 9.01. The van der Waals surface area contributed by atoms with Gasteiger partial charge in [-0.3, -0.25) is 9.36 Å². The summed E-state index contributed by atoms with van der Waals surface area (Å²) in [5, 5.41) is 18.9. The summed E-state index contributed by atoms with van der Waals surface area (Å²) in [6.45, 7) is 6.21. The van der Waals surface area contributed by atoms with Gasteiger partial charge in [0.25, 0.3) is 0 Å². The third kappa shape index (κ3) is 3.04. The first-order valence-electron chi connectivity index (χ1n) is 6.75. The number of aliphatic hydroxyl groups excluding tert-OH is 1. The summed E-state index contributed by atoms with van der Waals surface area (Å²) in [7, 11) is 1.92. The van der Waals surface area contributed by atoms with E-state index in [1.54, 1.807) is 6.20 Å². The minimum Gasteiger partial charge on any atom is -0.388 e. The molecule has 0 fully saturated rings. The highest BCUT2D eigenvalue weighted by Gasteiger charge is 2.14. The molecule has 0 aliphatic carbocycles. The molecular formula is C14H22N4O. The zero-order valence-electron chi connectivity index (χ0n) is 12.0. The van der Waals surface area contributed by atoms with E-state index < -0.39 is 6.10 Å². The highest BCUT2D eigenvalue weighted by molar-refractivity contribution is 5.16. The van der Waals surface area contributed by atoms with Gasteiger partial charge in [0.05, 0.1) is 18.0 Å². The predicted octanol–water partition coefficient (Wildman–Crippen LogP) is 2.04. The minimum atomic E-state index is -0.535. The molecule has 0 bridgehead atoms. The van der Waals surface area contributed by atoms with E-state index in [-0.39, 0.29) is 0 Å². The fourth-order valence-corrected chi connectivity index (χ4v) is 2.06. The monoisotopic (exact) mass is 262 g/mol. The number of aromatic nitrogens is 4. The van der Waals surface area contributed by atoms with Gasteiger partial charge in [-0.1, -0.05) is 6.92 Å². The van der Waals surface area contributed by atoms with Crippen LogP contribution in [-0.2, 0) is 19.9 Å². The maximum Gasteiger partial charge on any atom is 0.0875 e. The maximum atomic E-state index is 10.3. The van der Waals surface area contributed by atoms with E-state index in [9.17, 15) is 5.11 Å².